The highest BCUT2D eigenvalue weighted by molar-refractivity contribution is 6.35. The quantitative estimate of drug-likeness (QED) is 0.640. The van der Waals surface area contributed by atoms with Gasteiger partial charge in [0.2, 0.25) is 0 Å². The first-order chi connectivity index (χ1) is 14.3. The van der Waals surface area contributed by atoms with Crippen LogP contribution in [0.25, 0.3) is 11.0 Å². The molecule has 0 bridgehead atoms. The van der Waals surface area contributed by atoms with E-state index in [1.165, 1.54) is 6.07 Å². The van der Waals surface area contributed by atoms with Gasteiger partial charge in [0.1, 0.15) is 11.3 Å². The Kier molecular flexibility index (Phi) is 5.61. The van der Waals surface area contributed by atoms with Crippen molar-refractivity contribution >= 4 is 40.1 Å². The van der Waals surface area contributed by atoms with Gasteiger partial charge in [-0.1, -0.05) is 29.3 Å². The van der Waals surface area contributed by atoms with Gasteiger partial charge < -0.3 is 15.0 Å². The molecule has 1 aliphatic heterocycles. The lowest BCUT2D eigenvalue weighted by Crippen LogP contribution is -2.45. The van der Waals surface area contributed by atoms with Crippen LogP contribution >= 0.6 is 23.2 Å². The molecule has 30 heavy (non-hydrogen) atoms. The molecule has 4 rings (SSSR count). The second-order valence-electron chi connectivity index (χ2n) is 7.68. The van der Waals surface area contributed by atoms with E-state index in [1.54, 1.807) is 30.8 Å². The van der Waals surface area contributed by atoms with E-state index >= 15 is 0 Å². The summed E-state index contributed by atoms with van der Waals surface area (Å²) in [5.74, 6) is -0.358. The lowest BCUT2D eigenvalue weighted by molar-refractivity contribution is 0.0487. The van der Waals surface area contributed by atoms with Gasteiger partial charge >= 0.3 is 0 Å². The average Bonchev–Trinajstić information content (AvgIpc) is 3.00. The number of H-pyrrole nitrogens is 1. The molecule has 2 aromatic heterocycles. The molecule has 2 N–H and O–H groups in total. The number of carbonyl (C=O) groups is 1. The zero-order valence-corrected chi connectivity index (χ0v) is 18.2. The standard InChI is InChI=1S/C21H22Cl2N4O3/c1-12-18-17(28)10-16(25-19(18)27(2)26-12)20(29)24-11-21(5-7-30-8-6-21)14-4-3-13(22)9-15(14)23/h3-4,9-10H,5-8,11H2,1-2H3,(H,24,29)(H,25,28). The number of rotatable bonds is 4. The molecule has 0 atom stereocenters. The Bertz CT molecular complexity index is 1180. The van der Waals surface area contributed by atoms with E-state index in [1.807, 2.05) is 6.07 Å². The van der Waals surface area contributed by atoms with E-state index < -0.39 is 0 Å². The predicted octanol–water partition coefficient (Wildman–Crippen LogP) is 3.36. The lowest BCUT2D eigenvalue weighted by Gasteiger charge is -2.38. The molecule has 0 aliphatic carbocycles. The van der Waals surface area contributed by atoms with Gasteiger partial charge in [-0.05, 0) is 37.5 Å². The third-order valence-electron chi connectivity index (χ3n) is 5.78. The maximum absolute atomic E-state index is 12.9. The van der Waals surface area contributed by atoms with Crippen molar-refractivity contribution in [2.75, 3.05) is 19.8 Å². The number of halogens is 2. The van der Waals surface area contributed by atoms with Crippen molar-refractivity contribution in [3.63, 3.8) is 0 Å². The zero-order chi connectivity index (χ0) is 21.5. The Morgan fingerprint density at radius 1 is 1.30 bits per heavy atom. The number of benzene rings is 1. The number of nitrogens with zero attached hydrogens (tertiary/aromatic N) is 2. The van der Waals surface area contributed by atoms with Gasteiger partial charge in [0, 0.05) is 48.3 Å². The molecule has 1 fully saturated rings. The van der Waals surface area contributed by atoms with E-state index in [-0.39, 0.29) is 22.4 Å². The van der Waals surface area contributed by atoms with Crippen LogP contribution in [0.15, 0.2) is 29.1 Å². The fraction of sp³-hybridized carbons (Fsp3) is 0.381. The third-order valence-corrected chi connectivity index (χ3v) is 6.33. The summed E-state index contributed by atoms with van der Waals surface area (Å²) in [6.07, 6.45) is 1.43. The van der Waals surface area contributed by atoms with Crippen molar-refractivity contribution in [2.24, 2.45) is 7.05 Å². The summed E-state index contributed by atoms with van der Waals surface area (Å²) in [5.41, 5.74) is 1.67. The molecule has 7 nitrogen and oxygen atoms in total. The molecule has 3 aromatic rings. The Hall–Kier alpha value is -2.35. The highest BCUT2D eigenvalue weighted by atomic mass is 35.5. The molecule has 1 aromatic carbocycles. The normalized spacial score (nSPS) is 16.0. The van der Waals surface area contributed by atoms with Crippen LogP contribution in [0.4, 0.5) is 0 Å². The van der Waals surface area contributed by atoms with Crippen LogP contribution < -0.4 is 10.7 Å². The molecular weight excluding hydrogens is 427 g/mol. The number of aromatic nitrogens is 3. The number of hydrogen-bond donors (Lipinski definition) is 2. The van der Waals surface area contributed by atoms with Crippen LogP contribution in [0, 0.1) is 6.92 Å². The van der Waals surface area contributed by atoms with Crippen LogP contribution in [0.1, 0.15) is 34.6 Å². The number of amides is 1. The Balaban J connectivity index is 1.63. The van der Waals surface area contributed by atoms with Gasteiger partial charge in [-0.25, -0.2) is 0 Å². The van der Waals surface area contributed by atoms with Crippen LogP contribution in [-0.4, -0.2) is 40.4 Å². The largest absolute Gasteiger partial charge is 0.381 e. The number of ether oxygens (including phenoxy) is 1. The molecule has 9 heteroatoms. The van der Waals surface area contributed by atoms with Crippen LogP contribution in [0.3, 0.4) is 0 Å². The summed E-state index contributed by atoms with van der Waals surface area (Å²) in [6.45, 7) is 3.28. The third kappa shape index (κ3) is 3.73. The minimum absolute atomic E-state index is 0.194. The molecule has 158 valence electrons. The number of aromatic amines is 1. The number of carbonyl (C=O) groups excluding carboxylic acids is 1. The van der Waals surface area contributed by atoms with Crippen LogP contribution in [0.2, 0.25) is 10.0 Å². The smallest absolute Gasteiger partial charge is 0.267 e. The van der Waals surface area contributed by atoms with Gasteiger partial charge in [-0.3, -0.25) is 14.3 Å². The van der Waals surface area contributed by atoms with Crippen molar-refractivity contribution < 1.29 is 9.53 Å². The monoisotopic (exact) mass is 448 g/mol. The SMILES string of the molecule is Cc1nn(C)c2[nH]c(C(=O)NCC3(c4ccc(Cl)cc4Cl)CCOCC3)cc(=O)c12. The second kappa shape index (κ2) is 8.06. The maximum Gasteiger partial charge on any atom is 0.267 e. The van der Waals surface area contributed by atoms with Gasteiger partial charge in [0.15, 0.2) is 5.43 Å². The van der Waals surface area contributed by atoms with Crippen molar-refractivity contribution in [2.45, 2.75) is 25.2 Å². The van der Waals surface area contributed by atoms with Crippen LogP contribution in [0.5, 0.6) is 0 Å². The summed E-state index contributed by atoms with van der Waals surface area (Å²) >= 11 is 12.6. The molecule has 1 aliphatic rings. The number of nitrogens with one attached hydrogen (secondary N) is 2. The molecule has 0 spiro atoms. The molecule has 0 unspecified atom stereocenters. The zero-order valence-electron chi connectivity index (χ0n) is 16.7. The van der Waals surface area contributed by atoms with Crippen molar-refractivity contribution in [3.05, 3.63) is 61.5 Å². The van der Waals surface area contributed by atoms with E-state index in [4.69, 9.17) is 27.9 Å². The molecular formula is C21H22Cl2N4O3. The molecule has 1 amide bonds. The molecule has 0 radical (unpaired) electrons. The second-order valence-corrected chi connectivity index (χ2v) is 8.52. The number of pyridine rings is 1. The topological polar surface area (TPSA) is 89.0 Å². The van der Waals surface area contributed by atoms with Crippen molar-refractivity contribution in [1.29, 1.82) is 0 Å². The van der Waals surface area contributed by atoms with E-state index in [2.05, 4.69) is 15.4 Å². The fourth-order valence-corrected chi connectivity index (χ4v) is 4.76. The highest BCUT2D eigenvalue weighted by Crippen LogP contribution is 2.39. The van der Waals surface area contributed by atoms with E-state index in [0.29, 0.717) is 59.4 Å². The van der Waals surface area contributed by atoms with Gasteiger partial charge in [0.25, 0.3) is 5.91 Å². The minimum Gasteiger partial charge on any atom is -0.381 e. The highest BCUT2D eigenvalue weighted by Gasteiger charge is 2.36. The first-order valence-corrected chi connectivity index (χ1v) is 10.4. The van der Waals surface area contributed by atoms with E-state index in [0.717, 1.165) is 5.56 Å². The van der Waals surface area contributed by atoms with Crippen LogP contribution in [-0.2, 0) is 17.2 Å². The molecule has 3 heterocycles. The summed E-state index contributed by atoms with van der Waals surface area (Å²) < 4.78 is 7.11. The van der Waals surface area contributed by atoms with Crippen molar-refractivity contribution in [3.8, 4) is 0 Å². The fourth-order valence-electron chi connectivity index (χ4n) is 4.15. The first kappa shape index (κ1) is 20.9. The average molecular weight is 449 g/mol. The Labute approximate surface area is 183 Å². The Morgan fingerprint density at radius 2 is 2.03 bits per heavy atom. The number of aryl methyl sites for hydroxylation is 2. The maximum atomic E-state index is 12.9. The molecule has 1 saturated heterocycles. The lowest BCUT2D eigenvalue weighted by atomic mass is 9.74. The van der Waals surface area contributed by atoms with Crippen molar-refractivity contribution in [1.82, 2.24) is 20.1 Å². The minimum atomic E-state index is -0.372. The summed E-state index contributed by atoms with van der Waals surface area (Å²) in [4.78, 5) is 28.5. The Morgan fingerprint density at radius 3 is 2.73 bits per heavy atom. The van der Waals surface area contributed by atoms with E-state index in [9.17, 15) is 9.59 Å². The predicted molar refractivity (Wildman–Crippen MR) is 117 cm³/mol. The van der Waals surface area contributed by atoms with Gasteiger partial charge in [-0.2, -0.15) is 5.10 Å². The molecule has 0 saturated carbocycles. The van der Waals surface area contributed by atoms with Gasteiger partial charge in [-0.15, -0.1) is 0 Å². The summed E-state index contributed by atoms with van der Waals surface area (Å²) in [5, 5.41) is 8.85. The van der Waals surface area contributed by atoms with Gasteiger partial charge in [0.05, 0.1) is 11.1 Å². The first-order valence-electron chi connectivity index (χ1n) is 9.69. The number of fused-ring (bicyclic) bond motifs is 1. The summed E-state index contributed by atoms with van der Waals surface area (Å²) in [6, 6.07) is 6.75. The number of hydrogen-bond acceptors (Lipinski definition) is 4. The summed E-state index contributed by atoms with van der Waals surface area (Å²) in [7, 11) is 1.73.